The number of ether oxygens (including phenoxy) is 3. The van der Waals surface area contributed by atoms with Crippen molar-refractivity contribution in [2.45, 2.75) is 97.6 Å². The Morgan fingerprint density at radius 2 is 1.49 bits per heavy atom. The van der Waals surface area contributed by atoms with Crippen LogP contribution < -0.4 is 23.5 Å². The molecule has 0 radical (unpaired) electrons. The zero-order chi connectivity index (χ0) is 32.3. The Kier molecular flexibility index (Phi) is 16.5. The van der Waals surface area contributed by atoms with Crippen LogP contribution in [0.25, 0.3) is 0 Å². The molecule has 1 heterocycles. The van der Waals surface area contributed by atoms with Gasteiger partial charge in [-0.25, -0.2) is 4.57 Å². The molecule has 8 nitrogen and oxygen atoms in total. The summed E-state index contributed by atoms with van der Waals surface area (Å²) in [7, 11) is -3.16. The molecule has 0 fully saturated rings. The minimum absolute atomic E-state index is 0.0996. The van der Waals surface area contributed by atoms with Crippen molar-refractivity contribution in [3.05, 3.63) is 83.7 Å². The molecule has 0 aliphatic heterocycles. The standard InChI is InChI=1S/C36H52NO7P/c1-5-6-7-8-9-10-11-12-13-14-24-41-35-21-16-22-36(31(35)3)42-28-34(40-4)29-43-45(38,39)44-33-20-15-19-32(25-33)27-37-23-17-18-30(2)26-37/h15-23,25-26,34H,5-14,24,27-29H2,1-4H3. The Morgan fingerprint density at radius 1 is 0.822 bits per heavy atom. The van der Waals surface area contributed by atoms with Gasteiger partial charge in [0.1, 0.15) is 30.0 Å². The van der Waals surface area contributed by atoms with E-state index in [0.29, 0.717) is 18.9 Å². The maximum atomic E-state index is 12.6. The molecule has 9 heteroatoms. The van der Waals surface area contributed by atoms with Crippen LogP contribution in [0.5, 0.6) is 17.2 Å². The fourth-order valence-corrected chi connectivity index (χ4v) is 5.81. The molecule has 3 aromatic rings. The molecule has 0 N–H and O–H groups in total. The lowest BCUT2D eigenvalue weighted by molar-refractivity contribution is -0.688. The van der Waals surface area contributed by atoms with Crippen molar-refractivity contribution in [2.75, 3.05) is 26.9 Å². The Labute approximate surface area is 270 Å². The summed E-state index contributed by atoms with van der Waals surface area (Å²) in [6.07, 6.45) is 16.2. The fraction of sp³-hybridized carbons (Fsp3) is 0.528. The van der Waals surface area contributed by atoms with Crippen LogP contribution in [0.15, 0.2) is 67.0 Å². The monoisotopic (exact) mass is 641 g/mol. The summed E-state index contributed by atoms with van der Waals surface area (Å²) in [5.41, 5.74) is 2.92. The van der Waals surface area contributed by atoms with Crippen LogP contribution in [0.3, 0.4) is 0 Å². The number of phosphoric ester groups is 1. The second-order valence-electron chi connectivity index (χ2n) is 11.6. The molecule has 0 spiro atoms. The first-order chi connectivity index (χ1) is 21.8. The highest BCUT2D eigenvalue weighted by atomic mass is 31.2. The Hall–Kier alpha value is -2.90. The first-order valence-electron chi connectivity index (χ1n) is 16.4. The van der Waals surface area contributed by atoms with E-state index in [1.165, 1.54) is 64.9 Å². The number of methoxy groups -OCH3 is 1. The molecule has 3 rings (SSSR count). The van der Waals surface area contributed by atoms with Crippen molar-refractivity contribution < 1.29 is 37.3 Å². The van der Waals surface area contributed by atoms with E-state index < -0.39 is 13.9 Å². The van der Waals surface area contributed by atoms with Crippen molar-refractivity contribution in [1.82, 2.24) is 0 Å². The molecule has 0 aliphatic rings. The van der Waals surface area contributed by atoms with Gasteiger partial charge < -0.3 is 28.2 Å². The third kappa shape index (κ3) is 14.4. The van der Waals surface area contributed by atoms with Gasteiger partial charge in [0.15, 0.2) is 18.9 Å². The van der Waals surface area contributed by atoms with Crippen molar-refractivity contribution >= 4 is 7.82 Å². The Morgan fingerprint density at radius 3 is 2.18 bits per heavy atom. The normalized spacial score (nSPS) is 13.3. The summed E-state index contributed by atoms with van der Waals surface area (Å²) < 4.78 is 42.5. The summed E-state index contributed by atoms with van der Waals surface area (Å²) in [4.78, 5) is 12.6. The van der Waals surface area contributed by atoms with Crippen LogP contribution >= 0.6 is 7.82 Å². The minimum Gasteiger partial charge on any atom is -0.746 e. The summed E-state index contributed by atoms with van der Waals surface area (Å²) >= 11 is 0. The highest BCUT2D eigenvalue weighted by molar-refractivity contribution is 7.46. The number of nitrogens with zero attached hydrogens (tertiary/aromatic N) is 1. The molecule has 0 bridgehead atoms. The van der Waals surface area contributed by atoms with Gasteiger partial charge in [-0.15, -0.1) is 0 Å². The summed E-state index contributed by atoms with van der Waals surface area (Å²) in [6, 6.07) is 16.6. The SMILES string of the molecule is CCCCCCCCCCCCOc1cccc(OCC(COP(=O)([O-])Oc2cccc(C[n+]3cccc(C)c3)c2)OC)c1C. The van der Waals surface area contributed by atoms with Crippen LogP contribution in [-0.4, -0.2) is 33.0 Å². The lowest BCUT2D eigenvalue weighted by Gasteiger charge is -2.26. The molecular formula is C36H52NO7P. The van der Waals surface area contributed by atoms with Crippen molar-refractivity contribution in [1.29, 1.82) is 0 Å². The van der Waals surface area contributed by atoms with E-state index in [2.05, 4.69) is 6.92 Å². The Balaban J connectivity index is 1.39. The second-order valence-corrected chi connectivity index (χ2v) is 12.9. The van der Waals surface area contributed by atoms with E-state index in [1.807, 2.05) is 67.2 Å². The molecule has 0 aliphatic carbocycles. The van der Waals surface area contributed by atoms with Crippen LogP contribution in [0, 0.1) is 13.8 Å². The van der Waals surface area contributed by atoms with Gasteiger partial charge >= 0.3 is 7.82 Å². The molecule has 248 valence electrons. The van der Waals surface area contributed by atoms with Gasteiger partial charge in [0.25, 0.3) is 0 Å². The largest absolute Gasteiger partial charge is 0.746 e. The minimum atomic E-state index is -4.65. The highest BCUT2D eigenvalue weighted by Crippen LogP contribution is 2.40. The van der Waals surface area contributed by atoms with Gasteiger partial charge in [-0.2, -0.15) is 0 Å². The quantitative estimate of drug-likeness (QED) is 0.0591. The number of aromatic nitrogens is 1. The molecular weight excluding hydrogens is 589 g/mol. The predicted molar refractivity (Wildman–Crippen MR) is 176 cm³/mol. The fourth-order valence-electron chi connectivity index (χ4n) is 5.04. The zero-order valence-corrected chi connectivity index (χ0v) is 28.5. The highest BCUT2D eigenvalue weighted by Gasteiger charge is 2.18. The maximum absolute atomic E-state index is 12.6. The average Bonchev–Trinajstić information content (AvgIpc) is 3.01. The first-order valence-corrected chi connectivity index (χ1v) is 17.8. The van der Waals surface area contributed by atoms with Gasteiger partial charge in [0.2, 0.25) is 0 Å². The number of hydrogen-bond donors (Lipinski definition) is 0. The number of unbranched alkanes of at least 4 members (excludes halogenated alkanes) is 9. The molecule has 2 unspecified atom stereocenters. The third-order valence-electron chi connectivity index (χ3n) is 7.65. The molecule has 0 saturated heterocycles. The first kappa shape index (κ1) is 36.6. The second kappa shape index (κ2) is 20.3. The van der Waals surface area contributed by atoms with Gasteiger partial charge in [0, 0.05) is 29.9 Å². The number of pyridine rings is 1. The van der Waals surface area contributed by atoms with Crippen LogP contribution in [0.1, 0.15) is 87.8 Å². The van der Waals surface area contributed by atoms with E-state index in [-0.39, 0.29) is 19.0 Å². The lowest BCUT2D eigenvalue weighted by atomic mass is 10.1. The van der Waals surface area contributed by atoms with Gasteiger partial charge in [-0.1, -0.05) is 82.9 Å². The third-order valence-corrected chi connectivity index (χ3v) is 8.55. The van der Waals surface area contributed by atoms with Crippen molar-refractivity contribution in [2.24, 2.45) is 0 Å². The summed E-state index contributed by atoms with van der Waals surface area (Å²) in [5.74, 6) is 1.63. The van der Waals surface area contributed by atoms with E-state index in [4.69, 9.17) is 23.3 Å². The van der Waals surface area contributed by atoms with Gasteiger partial charge in [0.05, 0.1) is 13.2 Å². The molecule has 0 saturated carbocycles. The zero-order valence-electron chi connectivity index (χ0n) is 27.6. The molecule has 2 atom stereocenters. The van der Waals surface area contributed by atoms with E-state index >= 15 is 0 Å². The molecule has 0 amide bonds. The average molecular weight is 642 g/mol. The lowest BCUT2D eigenvalue weighted by Crippen LogP contribution is -2.33. The molecule has 45 heavy (non-hydrogen) atoms. The van der Waals surface area contributed by atoms with Crippen molar-refractivity contribution in [3.63, 3.8) is 0 Å². The summed E-state index contributed by atoms with van der Waals surface area (Å²) in [5, 5.41) is 0. The van der Waals surface area contributed by atoms with Gasteiger partial charge in [-0.3, -0.25) is 4.57 Å². The smallest absolute Gasteiger partial charge is 0.319 e. The number of phosphoric acid groups is 1. The van der Waals surface area contributed by atoms with Gasteiger partial charge in [-0.05, 0) is 50.6 Å². The number of aryl methyl sites for hydroxylation is 1. The number of hydrogen-bond acceptors (Lipinski definition) is 7. The predicted octanol–water partition coefficient (Wildman–Crippen LogP) is 7.90. The number of benzene rings is 2. The molecule has 2 aromatic carbocycles. The summed E-state index contributed by atoms with van der Waals surface area (Å²) in [6.45, 7) is 7.33. The topological polar surface area (TPSA) is 90.2 Å². The number of rotatable bonds is 23. The van der Waals surface area contributed by atoms with Crippen molar-refractivity contribution in [3.8, 4) is 17.2 Å². The van der Waals surface area contributed by atoms with E-state index in [1.54, 1.807) is 18.2 Å². The van der Waals surface area contributed by atoms with E-state index in [9.17, 15) is 9.46 Å². The van der Waals surface area contributed by atoms with Crippen LogP contribution in [0.4, 0.5) is 0 Å². The van der Waals surface area contributed by atoms with Crippen LogP contribution in [0.2, 0.25) is 0 Å². The Bertz CT molecular complexity index is 1320. The van der Waals surface area contributed by atoms with Crippen LogP contribution in [-0.2, 0) is 20.4 Å². The molecule has 1 aromatic heterocycles. The maximum Gasteiger partial charge on any atom is 0.319 e. The van der Waals surface area contributed by atoms with E-state index in [0.717, 1.165) is 28.9 Å².